The van der Waals surface area contributed by atoms with Gasteiger partial charge in [-0.3, -0.25) is 10.1 Å². The molecule has 2 rings (SSSR count). The lowest BCUT2D eigenvalue weighted by atomic mass is 10.0. The number of nitrogens with two attached hydrogens (primary N) is 1. The van der Waals surface area contributed by atoms with Crippen molar-refractivity contribution in [3.05, 3.63) is 30.2 Å². The number of aryl methyl sites for hydroxylation is 1. The van der Waals surface area contributed by atoms with Crippen LogP contribution in [0.3, 0.4) is 0 Å². The van der Waals surface area contributed by atoms with Gasteiger partial charge in [-0.15, -0.1) is 0 Å². The van der Waals surface area contributed by atoms with Crippen LogP contribution in [-0.2, 0) is 6.42 Å². The molecule has 0 spiro atoms. The maximum atomic E-state index is 5.93. The molecular weight excluding hydrogens is 224 g/mol. The van der Waals surface area contributed by atoms with Gasteiger partial charge >= 0.3 is 0 Å². The van der Waals surface area contributed by atoms with Gasteiger partial charge in [-0.2, -0.15) is 5.10 Å². The van der Waals surface area contributed by atoms with Crippen molar-refractivity contribution in [1.29, 1.82) is 0 Å². The first-order valence-electron chi connectivity index (χ1n) is 6.56. The summed E-state index contributed by atoms with van der Waals surface area (Å²) >= 11 is 0. The first-order chi connectivity index (χ1) is 8.83. The van der Waals surface area contributed by atoms with Gasteiger partial charge in [0, 0.05) is 29.2 Å². The van der Waals surface area contributed by atoms with Crippen molar-refractivity contribution in [2.24, 2.45) is 0 Å². The van der Waals surface area contributed by atoms with E-state index in [2.05, 4.69) is 22.1 Å². The molecule has 4 heteroatoms. The lowest BCUT2D eigenvalue weighted by molar-refractivity contribution is 0.660. The van der Waals surface area contributed by atoms with Crippen LogP contribution in [0.5, 0.6) is 0 Å². The Morgan fingerprint density at radius 1 is 1.28 bits per heavy atom. The van der Waals surface area contributed by atoms with E-state index in [-0.39, 0.29) is 0 Å². The molecule has 0 aliphatic rings. The van der Waals surface area contributed by atoms with E-state index in [4.69, 9.17) is 5.73 Å². The molecule has 2 aromatic rings. The van der Waals surface area contributed by atoms with Crippen molar-refractivity contribution in [2.75, 3.05) is 5.73 Å². The van der Waals surface area contributed by atoms with Gasteiger partial charge in [0.25, 0.3) is 0 Å². The van der Waals surface area contributed by atoms with E-state index < -0.39 is 0 Å². The summed E-state index contributed by atoms with van der Waals surface area (Å²) in [5.41, 5.74) is 9.11. The van der Waals surface area contributed by atoms with E-state index >= 15 is 0 Å². The first kappa shape index (κ1) is 12.6. The average molecular weight is 244 g/mol. The molecule has 96 valence electrons. The molecule has 0 fully saturated rings. The Balaban J connectivity index is 2.12. The zero-order valence-corrected chi connectivity index (χ0v) is 10.8. The quantitative estimate of drug-likeness (QED) is 0.767. The number of H-pyrrole nitrogens is 1. The van der Waals surface area contributed by atoms with Crippen molar-refractivity contribution >= 4 is 5.82 Å². The number of aromatic amines is 1. The Bertz CT molecular complexity index is 476. The molecule has 0 saturated heterocycles. The number of unbranched alkanes of at least 4 members (excludes halogenated alkanes) is 3. The van der Waals surface area contributed by atoms with Gasteiger partial charge in [-0.05, 0) is 18.9 Å². The molecule has 0 aromatic carbocycles. The molecule has 0 amide bonds. The number of nitrogens with one attached hydrogen (secondary N) is 1. The van der Waals surface area contributed by atoms with Crippen molar-refractivity contribution in [3.8, 4) is 11.1 Å². The second-order valence-electron chi connectivity index (χ2n) is 4.51. The normalized spacial score (nSPS) is 10.7. The molecule has 0 aliphatic carbocycles. The van der Waals surface area contributed by atoms with Crippen LogP contribution < -0.4 is 5.73 Å². The van der Waals surface area contributed by atoms with Crippen molar-refractivity contribution in [1.82, 2.24) is 15.2 Å². The highest BCUT2D eigenvalue weighted by Gasteiger charge is 2.12. The summed E-state index contributed by atoms with van der Waals surface area (Å²) in [4.78, 5) is 4.14. The van der Waals surface area contributed by atoms with Crippen LogP contribution >= 0.6 is 0 Å². The Morgan fingerprint density at radius 3 is 2.89 bits per heavy atom. The highest BCUT2D eigenvalue weighted by Crippen LogP contribution is 2.28. The van der Waals surface area contributed by atoms with E-state index in [0.717, 1.165) is 23.2 Å². The molecule has 0 atom stereocenters. The van der Waals surface area contributed by atoms with Crippen LogP contribution in [0.1, 0.15) is 38.3 Å². The average Bonchev–Trinajstić information content (AvgIpc) is 2.77. The second kappa shape index (κ2) is 6.19. The predicted octanol–water partition coefficient (Wildman–Crippen LogP) is 3.18. The molecule has 0 aliphatic heterocycles. The van der Waals surface area contributed by atoms with Crippen molar-refractivity contribution < 1.29 is 0 Å². The fraction of sp³-hybridized carbons (Fsp3) is 0.429. The van der Waals surface area contributed by atoms with Crippen LogP contribution in [0.25, 0.3) is 11.1 Å². The van der Waals surface area contributed by atoms with Crippen molar-refractivity contribution in [3.63, 3.8) is 0 Å². The largest absolute Gasteiger partial charge is 0.382 e. The Labute approximate surface area is 108 Å². The van der Waals surface area contributed by atoms with E-state index in [0.29, 0.717) is 5.82 Å². The number of nitrogen functional groups attached to an aromatic ring is 1. The standard InChI is InChI=1S/C14H20N4/c1-2-3-4-5-8-12-13(14(15)18-17-12)11-7-6-9-16-10-11/h6-7,9-10H,2-5,8H2,1H3,(H3,15,17,18). The highest BCUT2D eigenvalue weighted by molar-refractivity contribution is 5.75. The van der Waals surface area contributed by atoms with Gasteiger partial charge in [0.05, 0.1) is 0 Å². The maximum absolute atomic E-state index is 5.93. The number of rotatable bonds is 6. The summed E-state index contributed by atoms with van der Waals surface area (Å²) in [5, 5.41) is 7.16. The van der Waals surface area contributed by atoms with Gasteiger partial charge < -0.3 is 5.73 Å². The Hall–Kier alpha value is -1.84. The summed E-state index contributed by atoms with van der Waals surface area (Å²) in [7, 11) is 0. The molecule has 4 nitrogen and oxygen atoms in total. The number of hydrogen-bond acceptors (Lipinski definition) is 3. The smallest absolute Gasteiger partial charge is 0.153 e. The van der Waals surface area contributed by atoms with Gasteiger partial charge in [0.2, 0.25) is 0 Å². The lowest BCUT2D eigenvalue weighted by Gasteiger charge is -2.04. The van der Waals surface area contributed by atoms with Gasteiger partial charge in [-0.1, -0.05) is 32.3 Å². The maximum Gasteiger partial charge on any atom is 0.153 e. The monoisotopic (exact) mass is 244 g/mol. The highest BCUT2D eigenvalue weighted by atomic mass is 15.2. The molecule has 2 aromatic heterocycles. The SMILES string of the molecule is CCCCCCc1[nH]nc(N)c1-c1cccnc1. The van der Waals surface area contributed by atoms with E-state index in [9.17, 15) is 0 Å². The zero-order valence-electron chi connectivity index (χ0n) is 10.8. The third kappa shape index (κ3) is 2.88. The van der Waals surface area contributed by atoms with E-state index in [1.807, 2.05) is 18.3 Å². The summed E-state index contributed by atoms with van der Waals surface area (Å²) in [6.45, 7) is 2.22. The van der Waals surface area contributed by atoms with E-state index in [1.165, 1.54) is 25.7 Å². The summed E-state index contributed by atoms with van der Waals surface area (Å²) in [6.07, 6.45) is 9.54. The van der Waals surface area contributed by atoms with Gasteiger partial charge in [0.1, 0.15) is 0 Å². The summed E-state index contributed by atoms with van der Waals surface area (Å²) < 4.78 is 0. The van der Waals surface area contributed by atoms with Crippen LogP contribution in [0.2, 0.25) is 0 Å². The van der Waals surface area contributed by atoms with E-state index in [1.54, 1.807) is 6.20 Å². The minimum absolute atomic E-state index is 0.563. The van der Waals surface area contributed by atoms with Gasteiger partial charge in [-0.25, -0.2) is 0 Å². The number of aromatic nitrogens is 3. The molecule has 0 bridgehead atoms. The van der Waals surface area contributed by atoms with Crippen LogP contribution in [0, 0.1) is 0 Å². The third-order valence-corrected chi connectivity index (χ3v) is 3.10. The third-order valence-electron chi connectivity index (χ3n) is 3.10. The molecule has 18 heavy (non-hydrogen) atoms. The molecule has 0 saturated carbocycles. The number of hydrogen-bond donors (Lipinski definition) is 2. The van der Waals surface area contributed by atoms with Crippen LogP contribution in [0.4, 0.5) is 5.82 Å². The lowest BCUT2D eigenvalue weighted by Crippen LogP contribution is -1.92. The molecule has 3 N–H and O–H groups in total. The minimum atomic E-state index is 0.563. The number of anilines is 1. The predicted molar refractivity (Wildman–Crippen MR) is 74.1 cm³/mol. The van der Waals surface area contributed by atoms with Crippen molar-refractivity contribution in [2.45, 2.75) is 39.0 Å². The van der Waals surface area contributed by atoms with Crippen LogP contribution in [0.15, 0.2) is 24.5 Å². The fourth-order valence-corrected chi connectivity index (χ4v) is 2.14. The molecule has 0 radical (unpaired) electrons. The molecular formula is C14H20N4. The second-order valence-corrected chi connectivity index (χ2v) is 4.51. The summed E-state index contributed by atoms with van der Waals surface area (Å²) in [5.74, 6) is 0.563. The Morgan fingerprint density at radius 2 is 2.17 bits per heavy atom. The van der Waals surface area contributed by atoms with Crippen LogP contribution in [-0.4, -0.2) is 15.2 Å². The number of nitrogens with zero attached hydrogens (tertiary/aromatic N) is 2. The fourth-order valence-electron chi connectivity index (χ4n) is 2.14. The first-order valence-corrected chi connectivity index (χ1v) is 6.56. The molecule has 2 heterocycles. The minimum Gasteiger partial charge on any atom is -0.382 e. The zero-order chi connectivity index (χ0) is 12.8. The van der Waals surface area contributed by atoms with Gasteiger partial charge in [0.15, 0.2) is 5.82 Å². The summed E-state index contributed by atoms with van der Waals surface area (Å²) in [6, 6.07) is 3.94. The topological polar surface area (TPSA) is 67.6 Å². The molecule has 0 unspecified atom stereocenters. The number of pyridine rings is 1. The Kier molecular flexibility index (Phi) is 4.34.